The van der Waals surface area contributed by atoms with Crippen molar-refractivity contribution in [3.8, 4) is 6.07 Å². The predicted octanol–water partition coefficient (Wildman–Crippen LogP) is 1.47. The van der Waals surface area contributed by atoms with Gasteiger partial charge in [-0.2, -0.15) is 5.26 Å². The number of hydrogen-bond donors (Lipinski definition) is 1. The second-order valence-electron chi connectivity index (χ2n) is 6.29. The highest BCUT2D eigenvalue weighted by molar-refractivity contribution is 5.75. The molecule has 1 saturated heterocycles. The predicted molar refractivity (Wildman–Crippen MR) is 96.3 cm³/mol. The maximum atomic E-state index is 12.6. The molecule has 1 N–H and O–H groups in total. The van der Waals surface area contributed by atoms with Crippen LogP contribution >= 0.6 is 0 Å². The minimum atomic E-state index is -0.0898. The van der Waals surface area contributed by atoms with E-state index in [0.29, 0.717) is 37.7 Å². The van der Waals surface area contributed by atoms with Crippen molar-refractivity contribution in [2.24, 2.45) is 0 Å². The van der Waals surface area contributed by atoms with Gasteiger partial charge < -0.3 is 15.1 Å². The lowest BCUT2D eigenvalue weighted by Gasteiger charge is -2.40. The van der Waals surface area contributed by atoms with Gasteiger partial charge in [0.25, 0.3) is 0 Å². The summed E-state index contributed by atoms with van der Waals surface area (Å²) < 4.78 is 0. The first-order valence-corrected chi connectivity index (χ1v) is 8.50. The summed E-state index contributed by atoms with van der Waals surface area (Å²) in [6.07, 6.45) is 6.60. The van der Waals surface area contributed by atoms with Gasteiger partial charge in [0.2, 0.25) is 0 Å². The maximum absolute atomic E-state index is 12.6. The number of amides is 2. The molecule has 1 aliphatic rings. The van der Waals surface area contributed by atoms with Crippen molar-refractivity contribution in [2.45, 2.75) is 26.4 Å². The van der Waals surface area contributed by atoms with E-state index in [1.165, 1.54) is 6.20 Å². The molecule has 1 atom stereocenters. The number of hydrogen-bond acceptors (Lipinski definition) is 6. The first kappa shape index (κ1) is 17.6. The molecule has 2 aromatic heterocycles. The number of anilines is 1. The lowest BCUT2D eigenvalue weighted by molar-refractivity contribution is 0.171. The summed E-state index contributed by atoms with van der Waals surface area (Å²) in [5, 5.41) is 12.2. The zero-order chi connectivity index (χ0) is 18.5. The van der Waals surface area contributed by atoms with Crippen molar-refractivity contribution < 1.29 is 4.79 Å². The molecule has 1 fully saturated rings. The van der Waals surface area contributed by atoms with Crippen molar-refractivity contribution in [2.75, 3.05) is 24.5 Å². The smallest absolute Gasteiger partial charge is 0.318 e. The third-order valence-corrected chi connectivity index (χ3v) is 4.54. The van der Waals surface area contributed by atoms with Gasteiger partial charge in [-0.25, -0.2) is 14.8 Å². The van der Waals surface area contributed by atoms with Crippen LogP contribution in [0.1, 0.15) is 23.7 Å². The molecule has 3 rings (SSSR count). The zero-order valence-electron chi connectivity index (χ0n) is 14.9. The highest BCUT2D eigenvalue weighted by atomic mass is 16.2. The van der Waals surface area contributed by atoms with Gasteiger partial charge in [0.15, 0.2) is 11.5 Å². The van der Waals surface area contributed by atoms with Gasteiger partial charge in [-0.3, -0.25) is 4.98 Å². The fourth-order valence-electron chi connectivity index (χ4n) is 3.07. The molecule has 2 aromatic rings. The van der Waals surface area contributed by atoms with Gasteiger partial charge in [-0.15, -0.1) is 0 Å². The van der Waals surface area contributed by atoms with Crippen LogP contribution in [0.4, 0.5) is 10.6 Å². The van der Waals surface area contributed by atoms with E-state index >= 15 is 0 Å². The van der Waals surface area contributed by atoms with Crippen LogP contribution in [0, 0.1) is 18.3 Å². The van der Waals surface area contributed by atoms with Crippen LogP contribution in [0.25, 0.3) is 0 Å². The Morgan fingerprint density at radius 3 is 2.88 bits per heavy atom. The topological polar surface area (TPSA) is 98.0 Å². The Bertz CT molecular complexity index is 832. The minimum absolute atomic E-state index is 0.00386. The van der Waals surface area contributed by atoms with E-state index in [2.05, 4.69) is 26.3 Å². The number of urea groups is 1. The second-order valence-corrected chi connectivity index (χ2v) is 6.29. The first-order valence-electron chi connectivity index (χ1n) is 8.50. The molecule has 26 heavy (non-hydrogen) atoms. The summed E-state index contributed by atoms with van der Waals surface area (Å²) in [5.74, 6) is 0.578. The maximum Gasteiger partial charge on any atom is 0.318 e. The average Bonchev–Trinajstić information content (AvgIpc) is 2.67. The lowest BCUT2D eigenvalue weighted by atomic mass is 10.1. The van der Waals surface area contributed by atoms with Crippen molar-refractivity contribution in [3.63, 3.8) is 0 Å². The number of rotatable bonds is 3. The lowest BCUT2D eigenvalue weighted by Crippen LogP contribution is -2.56. The van der Waals surface area contributed by atoms with Crippen LogP contribution in [0.15, 0.2) is 30.9 Å². The number of pyridine rings is 1. The molecule has 134 valence electrons. The van der Waals surface area contributed by atoms with Gasteiger partial charge in [0, 0.05) is 57.0 Å². The quantitative estimate of drug-likeness (QED) is 0.899. The molecule has 8 nitrogen and oxygen atoms in total. The Hall–Kier alpha value is -3.21. The average molecular weight is 351 g/mol. The van der Waals surface area contributed by atoms with Crippen molar-refractivity contribution in [3.05, 3.63) is 47.7 Å². The second kappa shape index (κ2) is 7.78. The monoisotopic (exact) mass is 351 g/mol. The highest BCUT2D eigenvalue weighted by Crippen LogP contribution is 2.19. The fraction of sp³-hybridized carbons (Fsp3) is 0.389. The summed E-state index contributed by atoms with van der Waals surface area (Å²) in [4.78, 5) is 28.8. The normalized spacial score (nSPS) is 16.9. The van der Waals surface area contributed by atoms with E-state index in [4.69, 9.17) is 0 Å². The third kappa shape index (κ3) is 3.72. The van der Waals surface area contributed by atoms with E-state index < -0.39 is 0 Å². The van der Waals surface area contributed by atoms with Crippen LogP contribution in [0.3, 0.4) is 0 Å². The summed E-state index contributed by atoms with van der Waals surface area (Å²) >= 11 is 0. The molecule has 0 radical (unpaired) electrons. The van der Waals surface area contributed by atoms with Crippen LogP contribution in [0.5, 0.6) is 0 Å². The van der Waals surface area contributed by atoms with Gasteiger partial charge in [-0.05, 0) is 31.0 Å². The molecule has 0 unspecified atom stereocenters. The minimum Gasteiger partial charge on any atom is -0.350 e. The Morgan fingerprint density at radius 1 is 1.35 bits per heavy atom. The Kier molecular flexibility index (Phi) is 5.27. The number of aromatic nitrogens is 3. The van der Waals surface area contributed by atoms with Crippen molar-refractivity contribution in [1.82, 2.24) is 25.2 Å². The summed E-state index contributed by atoms with van der Waals surface area (Å²) in [7, 11) is 0. The zero-order valence-corrected chi connectivity index (χ0v) is 14.9. The van der Waals surface area contributed by atoms with Crippen molar-refractivity contribution >= 4 is 11.8 Å². The highest BCUT2D eigenvalue weighted by Gasteiger charge is 2.29. The van der Waals surface area contributed by atoms with E-state index in [1.807, 2.05) is 29.7 Å². The van der Waals surface area contributed by atoms with Gasteiger partial charge in [-0.1, -0.05) is 0 Å². The largest absolute Gasteiger partial charge is 0.350 e. The van der Waals surface area contributed by atoms with E-state index in [9.17, 15) is 10.1 Å². The molecule has 3 heterocycles. The number of carbonyl (C=O) groups excluding carboxylic acids is 1. The molecular weight excluding hydrogens is 330 g/mol. The van der Waals surface area contributed by atoms with E-state index in [1.54, 1.807) is 18.6 Å². The third-order valence-electron chi connectivity index (χ3n) is 4.54. The molecule has 0 aromatic carbocycles. The summed E-state index contributed by atoms with van der Waals surface area (Å²) in [5.41, 5.74) is 2.42. The van der Waals surface area contributed by atoms with Gasteiger partial charge >= 0.3 is 6.03 Å². The molecule has 8 heteroatoms. The number of nitrogens with one attached hydrogen (secondary N) is 1. The molecule has 0 bridgehead atoms. The molecule has 0 spiro atoms. The molecule has 2 amide bonds. The number of aryl methyl sites for hydroxylation is 1. The Labute approximate surface area is 152 Å². The van der Waals surface area contributed by atoms with Crippen LogP contribution in [-0.4, -0.2) is 51.6 Å². The standard InChI is InChI=1S/C18H21N7O/c1-13-10-20-4-3-15(13)11-23-18(26)25-8-7-24(12-14(25)2)17-16(9-19)21-5-6-22-17/h3-6,10,14H,7-8,11-12H2,1-2H3,(H,23,26)/t14-/m0/s1. The Morgan fingerprint density at radius 2 is 2.15 bits per heavy atom. The van der Waals surface area contributed by atoms with Crippen LogP contribution < -0.4 is 10.2 Å². The van der Waals surface area contributed by atoms with Crippen molar-refractivity contribution in [1.29, 1.82) is 5.26 Å². The number of nitrogens with zero attached hydrogens (tertiary/aromatic N) is 6. The fourth-order valence-corrected chi connectivity index (χ4v) is 3.07. The molecule has 0 saturated carbocycles. The molecular formula is C18H21N7O. The summed E-state index contributed by atoms with van der Waals surface area (Å²) in [6.45, 7) is 6.22. The van der Waals surface area contributed by atoms with Gasteiger partial charge in [0.05, 0.1) is 0 Å². The number of carbonyl (C=O) groups is 1. The Balaban J connectivity index is 1.61. The molecule has 0 aliphatic carbocycles. The van der Waals surface area contributed by atoms with Crippen LogP contribution in [0.2, 0.25) is 0 Å². The summed E-state index contributed by atoms with van der Waals surface area (Å²) in [6, 6.07) is 3.89. The molecule has 1 aliphatic heterocycles. The van der Waals surface area contributed by atoms with E-state index in [-0.39, 0.29) is 12.1 Å². The van der Waals surface area contributed by atoms with Crippen LogP contribution in [-0.2, 0) is 6.54 Å². The first-order chi connectivity index (χ1) is 12.6. The number of nitriles is 1. The number of piperazine rings is 1. The SMILES string of the molecule is Cc1cnccc1CNC(=O)N1CCN(c2nccnc2C#N)C[C@@H]1C. The van der Waals surface area contributed by atoms with Gasteiger partial charge in [0.1, 0.15) is 6.07 Å². The van der Waals surface area contributed by atoms with E-state index in [0.717, 1.165) is 11.1 Å².